The fourth-order valence-electron chi connectivity index (χ4n) is 3.52. The second-order valence-electron chi connectivity index (χ2n) is 7.86. The molecule has 0 atom stereocenters. The van der Waals surface area contributed by atoms with Crippen LogP contribution in [0.4, 0.5) is 17.2 Å². The van der Waals surface area contributed by atoms with Gasteiger partial charge in [-0.1, -0.05) is 29.8 Å². The molecule has 0 spiro atoms. The molecule has 35 heavy (non-hydrogen) atoms. The second kappa shape index (κ2) is 10.1. The standard InChI is InChI=1S/C26H21ClN6O2/c1-16-7-8-19(11-22(16)26(35)32-20-12-23(27)24(29)30-14-20)31-25(34)18-5-2-4-17(10-18)15-33-9-3-6-21(33)13-28/h2-12,14H,15H2,1H3,(H2,29,30)(H,31,34)(H,32,35). The molecule has 0 fully saturated rings. The number of benzene rings is 2. The van der Waals surface area contributed by atoms with E-state index < -0.39 is 0 Å². The molecule has 0 radical (unpaired) electrons. The lowest BCUT2D eigenvalue weighted by Crippen LogP contribution is -2.16. The maximum Gasteiger partial charge on any atom is 0.256 e. The highest BCUT2D eigenvalue weighted by Gasteiger charge is 2.14. The summed E-state index contributed by atoms with van der Waals surface area (Å²) in [6.07, 6.45) is 3.24. The number of hydrogen-bond acceptors (Lipinski definition) is 5. The summed E-state index contributed by atoms with van der Waals surface area (Å²) in [6.45, 7) is 2.27. The number of rotatable bonds is 6. The van der Waals surface area contributed by atoms with Crippen LogP contribution >= 0.6 is 11.6 Å². The molecule has 2 heterocycles. The van der Waals surface area contributed by atoms with Crippen molar-refractivity contribution in [1.82, 2.24) is 9.55 Å². The van der Waals surface area contributed by atoms with E-state index in [-0.39, 0.29) is 22.7 Å². The molecular formula is C26H21ClN6O2. The van der Waals surface area contributed by atoms with Gasteiger partial charge < -0.3 is 20.9 Å². The third kappa shape index (κ3) is 5.49. The lowest BCUT2D eigenvalue weighted by molar-refractivity contribution is 0.101. The summed E-state index contributed by atoms with van der Waals surface area (Å²) in [5.41, 5.74) is 9.50. The minimum atomic E-state index is -0.372. The van der Waals surface area contributed by atoms with Crippen molar-refractivity contribution >= 4 is 40.6 Å². The van der Waals surface area contributed by atoms with Gasteiger partial charge in [-0.05, 0) is 60.5 Å². The van der Waals surface area contributed by atoms with E-state index in [1.54, 1.807) is 55.5 Å². The second-order valence-corrected chi connectivity index (χ2v) is 8.27. The smallest absolute Gasteiger partial charge is 0.256 e. The highest BCUT2D eigenvalue weighted by molar-refractivity contribution is 6.33. The fraction of sp³-hybridized carbons (Fsp3) is 0.0769. The van der Waals surface area contributed by atoms with Crippen LogP contribution in [0, 0.1) is 18.3 Å². The van der Waals surface area contributed by atoms with Crippen molar-refractivity contribution in [3.63, 3.8) is 0 Å². The number of hydrogen-bond donors (Lipinski definition) is 3. The zero-order chi connectivity index (χ0) is 24.9. The van der Waals surface area contributed by atoms with Gasteiger partial charge in [0, 0.05) is 29.6 Å². The number of aryl methyl sites for hydroxylation is 1. The largest absolute Gasteiger partial charge is 0.382 e. The van der Waals surface area contributed by atoms with E-state index in [4.69, 9.17) is 17.3 Å². The van der Waals surface area contributed by atoms with Crippen LogP contribution in [0.25, 0.3) is 0 Å². The molecule has 2 aromatic carbocycles. The number of nitrogens with zero attached hydrogens (tertiary/aromatic N) is 3. The zero-order valence-electron chi connectivity index (χ0n) is 18.7. The fourth-order valence-corrected chi connectivity index (χ4v) is 3.69. The first-order valence-electron chi connectivity index (χ1n) is 10.6. The van der Waals surface area contributed by atoms with E-state index in [1.807, 2.05) is 16.8 Å². The molecular weight excluding hydrogens is 464 g/mol. The number of nitriles is 1. The van der Waals surface area contributed by atoms with Gasteiger partial charge in [-0.2, -0.15) is 5.26 Å². The van der Waals surface area contributed by atoms with Gasteiger partial charge in [0.05, 0.1) is 16.9 Å². The maximum absolute atomic E-state index is 12.9. The van der Waals surface area contributed by atoms with E-state index >= 15 is 0 Å². The van der Waals surface area contributed by atoms with Crippen LogP contribution in [0.1, 0.15) is 37.5 Å². The number of nitrogen functional groups attached to an aromatic ring is 1. The van der Waals surface area contributed by atoms with E-state index in [0.717, 1.165) is 11.1 Å². The Morgan fingerprint density at radius 2 is 1.86 bits per heavy atom. The Bertz CT molecular complexity index is 1470. The number of amides is 2. The highest BCUT2D eigenvalue weighted by Crippen LogP contribution is 2.22. The summed E-state index contributed by atoms with van der Waals surface area (Å²) in [7, 11) is 0. The Hall–Kier alpha value is -4.61. The van der Waals surface area contributed by atoms with Crippen molar-refractivity contribution in [3.05, 3.63) is 106 Å². The summed E-state index contributed by atoms with van der Waals surface area (Å²) in [5, 5.41) is 15.0. The normalized spacial score (nSPS) is 10.4. The van der Waals surface area contributed by atoms with Crippen molar-refractivity contribution in [1.29, 1.82) is 5.26 Å². The summed E-state index contributed by atoms with van der Waals surface area (Å²) >= 11 is 5.98. The Balaban J connectivity index is 1.49. The monoisotopic (exact) mass is 484 g/mol. The maximum atomic E-state index is 12.9. The van der Waals surface area contributed by atoms with Gasteiger partial charge in [0.1, 0.15) is 17.6 Å². The molecule has 0 bridgehead atoms. The van der Waals surface area contributed by atoms with Gasteiger partial charge in [-0.25, -0.2) is 4.98 Å². The SMILES string of the molecule is Cc1ccc(NC(=O)c2cccc(Cn3cccc3C#N)c2)cc1C(=O)Nc1cnc(N)c(Cl)c1. The van der Waals surface area contributed by atoms with Crippen LogP contribution in [-0.4, -0.2) is 21.4 Å². The third-order valence-electron chi connectivity index (χ3n) is 5.35. The molecule has 174 valence electrons. The predicted molar refractivity (Wildman–Crippen MR) is 135 cm³/mol. The number of aromatic nitrogens is 2. The summed E-state index contributed by atoms with van der Waals surface area (Å²) in [5.74, 6) is -0.513. The van der Waals surface area contributed by atoms with E-state index in [9.17, 15) is 14.9 Å². The average Bonchev–Trinajstić information content (AvgIpc) is 3.29. The van der Waals surface area contributed by atoms with Gasteiger partial charge in [0.2, 0.25) is 0 Å². The molecule has 0 aliphatic carbocycles. The topological polar surface area (TPSA) is 126 Å². The first-order chi connectivity index (χ1) is 16.8. The molecule has 0 unspecified atom stereocenters. The quantitative estimate of drug-likeness (QED) is 0.360. The minimum Gasteiger partial charge on any atom is -0.382 e. The number of carbonyl (C=O) groups excluding carboxylic acids is 2. The highest BCUT2D eigenvalue weighted by atomic mass is 35.5. The van der Waals surface area contributed by atoms with E-state index in [2.05, 4.69) is 21.7 Å². The van der Waals surface area contributed by atoms with Gasteiger partial charge in [-0.15, -0.1) is 0 Å². The molecule has 8 nitrogen and oxygen atoms in total. The van der Waals surface area contributed by atoms with Crippen molar-refractivity contribution in [2.45, 2.75) is 13.5 Å². The number of nitrogens with one attached hydrogen (secondary N) is 2. The number of pyridine rings is 1. The van der Waals surface area contributed by atoms with Crippen LogP contribution in [0.3, 0.4) is 0 Å². The Morgan fingerprint density at radius 3 is 2.63 bits per heavy atom. The van der Waals surface area contributed by atoms with Crippen LogP contribution in [0.5, 0.6) is 0 Å². The van der Waals surface area contributed by atoms with Crippen molar-refractivity contribution in [2.75, 3.05) is 16.4 Å². The Kier molecular flexibility index (Phi) is 6.81. The molecule has 9 heteroatoms. The van der Waals surface area contributed by atoms with Crippen LogP contribution in [-0.2, 0) is 6.54 Å². The van der Waals surface area contributed by atoms with Gasteiger partial charge in [-0.3, -0.25) is 9.59 Å². The molecule has 4 rings (SSSR count). The van der Waals surface area contributed by atoms with Gasteiger partial charge in [0.25, 0.3) is 11.8 Å². The lowest BCUT2D eigenvalue weighted by atomic mass is 10.1. The molecule has 4 N–H and O–H groups in total. The molecule has 0 saturated heterocycles. The molecule has 4 aromatic rings. The van der Waals surface area contributed by atoms with Crippen LogP contribution < -0.4 is 16.4 Å². The molecule has 0 aliphatic heterocycles. The summed E-state index contributed by atoms with van der Waals surface area (Å²) < 4.78 is 1.81. The van der Waals surface area contributed by atoms with Crippen molar-refractivity contribution < 1.29 is 9.59 Å². The van der Waals surface area contributed by atoms with Gasteiger partial charge >= 0.3 is 0 Å². The molecule has 0 aliphatic rings. The molecule has 2 aromatic heterocycles. The number of anilines is 3. The van der Waals surface area contributed by atoms with E-state index in [1.165, 1.54) is 12.3 Å². The lowest BCUT2D eigenvalue weighted by Gasteiger charge is -2.12. The third-order valence-corrected chi connectivity index (χ3v) is 5.66. The summed E-state index contributed by atoms with van der Waals surface area (Å²) in [4.78, 5) is 29.7. The van der Waals surface area contributed by atoms with Crippen molar-refractivity contribution in [3.8, 4) is 6.07 Å². The Labute approximate surface area is 207 Å². The van der Waals surface area contributed by atoms with Gasteiger partial charge in [0.15, 0.2) is 0 Å². The first-order valence-corrected chi connectivity index (χ1v) is 11.0. The average molecular weight is 485 g/mol. The molecule has 0 saturated carbocycles. The van der Waals surface area contributed by atoms with E-state index in [0.29, 0.717) is 34.7 Å². The minimum absolute atomic E-state index is 0.175. The number of halogens is 1. The number of carbonyl (C=O) groups is 2. The van der Waals surface area contributed by atoms with Crippen LogP contribution in [0.2, 0.25) is 5.02 Å². The number of nitrogens with two attached hydrogens (primary N) is 1. The van der Waals surface area contributed by atoms with Crippen molar-refractivity contribution in [2.24, 2.45) is 0 Å². The van der Waals surface area contributed by atoms with Crippen LogP contribution in [0.15, 0.2) is 73.1 Å². The predicted octanol–water partition coefficient (Wildman–Crippen LogP) is 4.85. The zero-order valence-corrected chi connectivity index (χ0v) is 19.5. The Morgan fingerprint density at radius 1 is 1.06 bits per heavy atom. The summed E-state index contributed by atoms with van der Waals surface area (Å²) in [6, 6.07) is 19.5. The molecule has 2 amide bonds. The first kappa shape index (κ1) is 23.5.